The van der Waals surface area contributed by atoms with E-state index in [1.54, 1.807) is 50.2 Å². The molecule has 0 N–H and O–H groups in total. The Labute approximate surface area is 133 Å². The Hall–Kier alpha value is -2.17. The lowest BCUT2D eigenvalue weighted by Gasteiger charge is -2.35. The molecule has 5 heteroatoms. The van der Waals surface area contributed by atoms with Gasteiger partial charge in [0.25, 0.3) is 5.70 Å². The number of benzene rings is 2. The molecule has 0 spiro atoms. The molecule has 0 fully saturated rings. The summed E-state index contributed by atoms with van der Waals surface area (Å²) >= 11 is 5.89. The summed E-state index contributed by atoms with van der Waals surface area (Å²) in [5.41, 5.74) is 0.794. The van der Waals surface area contributed by atoms with Crippen molar-refractivity contribution in [1.82, 2.24) is 5.06 Å². The van der Waals surface area contributed by atoms with Gasteiger partial charge in [0.15, 0.2) is 0 Å². The molecule has 1 unspecified atom stereocenters. The number of hydrogen-bond acceptors (Lipinski definition) is 3. The molecular weight excluding hydrogens is 300 g/mol. The summed E-state index contributed by atoms with van der Waals surface area (Å²) in [6.07, 6.45) is 0. The summed E-state index contributed by atoms with van der Waals surface area (Å²) in [6.45, 7) is 3.30. The predicted octanol–water partition coefficient (Wildman–Crippen LogP) is 4.49. The molecule has 1 atom stereocenters. The Bertz CT molecular complexity index is 756. The molecule has 1 heterocycles. The second-order valence-electron chi connectivity index (χ2n) is 5.42. The van der Waals surface area contributed by atoms with Crippen LogP contribution in [-0.4, -0.2) is 9.82 Å². The lowest BCUT2D eigenvalue weighted by molar-refractivity contribution is -0.565. The van der Waals surface area contributed by atoms with Crippen molar-refractivity contribution in [3.63, 3.8) is 0 Å². The van der Waals surface area contributed by atoms with E-state index in [4.69, 9.17) is 11.6 Å². The molecular formula is C17H15ClN2O2. The molecule has 0 aliphatic carbocycles. The van der Waals surface area contributed by atoms with Crippen molar-refractivity contribution in [2.45, 2.75) is 19.5 Å². The highest BCUT2D eigenvalue weighted by molar-refractivity contribution is 6.30. The minimum atomic E-state index is -1.31. The van der Waals surface area contributed by atoms with Crippen LogP contribution in [0.5, 0.6) is 0 Å². The first kappa shape index (κ1) is 14.8. The third-order valence-corrected chi connectivity index (χ3v) is 4.33. The number of hydroxylamine groups is 2. The van der Waals surface area contributed by atoms with E-state index in [-0.39, 0.29) is 0 Å². The molecule has 0 saturated heterocycles. The number of allylic oxidation sites excluding steroid dienone is 1. The fourth-order valence-electron chi connectivity index (χ4n) is 2.79. The summed E-state index contributed by atoms with van der Waals surface area (Å²) in [7, 11) is 0. The molecule has 2 aromatic carbocycles. The number of nitroso groups, excluding NO2 is 1. The quantitative estimate of drug-likeness (QED) is 0.767. The first-order valence-electron chi connectivity index (χ1n) is 6.93. The van der Waals surface area contributed by atoms with E-state index >= 15 is 0 Å². The molecule has 22 heavy (non-hydrogen) atoms. The van der Waals surface area contributed by atoms with Gasteiger partial charge in [0.05, 0.1) is 16.0 Å². The molecule has 3 rings (SSSR count). The van der Waals surface area contributed by atoms with Crippen molar-refractivity contribution in [3.05, 3.63) is 86.6 Å². The van der Waals surface area contributed by atoms with Gasteiger partial charge in [-0.25, -0.2) is 0 Å². The summed E-state index contributed by atoms with van der Waals surface area (Å²) < 4.78 is 0.786. The fourth-order valence-corrected chi connectivity index (χ4v) is 2.92. The first-order valence-corrected chi connectivity index (χ1v) is 7.31. The summed E-state index contributed by atoms with van der Waals surface area (Å²) in [6, 6.07) is 16.0. The highest BCUT2D eigenvalue weighted by atomic mass is 35.5. The molecule has 112 valence electrons. The largest absolute Gasteiger partial charge is 0.753 e. The molecule has 1 aliphatic rings. The second-order valence-corrected chi connectivity index (χ2v) is 5.85. The third-order valence-electron chi connectivity index (χ3n) is 4.08. The summed E-state index contributed by atoms with van der Waals surface area (Å²) in [5, 5.41) is 14.0. The lowest BCUT2D eigenvalue weighted by atomic mass is 10.0. The minimum absolute atomic E-state index is 0.373. The van der Waals surface area contributed by atoms with Crippen LogP contribution in [0.4, 0.5) is 0 Å². The van der Waals surface area contributed by atoms with Crippen LogP contribution >= 0.6 is 11.6 Å². The smallest absolute Gasteiger partial charge is 0.306 e. The zero-order valence-corrected chi connectivity index (χ0v) is 13.0. The number of halogens is 1. The van der Waals surface area contributed by atoms with E-state index in [0.29, 0.717) is 27.5 Å². The minimum Gasteiger partial charge on any atom is -0.753 e. The number of hydrogen-bond donors (Lipinski definition) is 0. The Morgan fingerprint density at radius 1 is 1.09 bits per heavy atom. The molecule has 0 saturated carbocycles. The Balaban J connectivity index is 2.11. The lowest BCUT2D eigenvalue weighted by Crippen LogP contribution is -2.41. The molecule has 0 amide bonds. The first-order chi connectivity index (χ1) is 10.5. The maximum absolute atomic E-state index is 12.9. The van der Waals surface area contributed by atoms with Gasteiger partial charge in [0, 0.05) is 22.4 Å². The van der Waals surface area contributed by atoms with E-state index in [0.717, 1.165) is 9.82 Å². The monoisotopic (exact) mass is 314 g/mol. The molecule has 0 bridgehead atoms. The van der Waals surface area contributed by atoms with Crippen LogP contribution in [0.3, 0.4) is 0 Å². The van der Waals surface area contributed by atoms with Gasteiger partial charge in [0.1, 0.15) is 0 Å². The Morgan fingerprint density at radius 2 is 1.68 bits per heavy atom. The van der Waals surface area contributed by atoms with Gasteiger partial charge in [-0.05, 0) is 43.3 Å². The Kier molecular flexibility index (Phi) is 3.51. The zero-order chi connectivity index (χ0) is 15.9. The van der Waals surface area contributed by atoms with Crippen molar-refractivity contribution in [2.24, 2.45) is 0 Å². The summed E-state index contributed by atoms with van der Waals surface area (Å²) in [5.74, 6) is 0. The van der Waals surface area contributed by atoms with E-state index in [2.05, 4.69) is 0 Å². The normalized spacial score (nSPS) is 21.6. The van der Waals surface area contributed by atoms with E-state index in [1.165, 1.54) is 0 Å². The number of rotatable bonds is 2. The second kappa shape index (κ2) is 5.23. The van der Waals surface area contributed by atoms with Crippen LogP contribution in [0.15, 0.2) is 60.3 Å². The highest BCUT2D eigenvalue weighted by Crippen LogP contribution is 2.43. The predicted molar refractivity (Wildman–Crippen MR) is 86.7 cm³/mol. The van der Waals surface area contributed by atoms with Crippen molar-refractivity contribution < 1.29 is 4.76 Å². The van der Waals surface area contributed by atoms with Crippen LogP contribution in [0.1, 0.15) is 25.0 Å². The van der Waals surface area contributed by atoms with Crippen molar-refractivity contribution in [1.29, 1.82) is 0 Å². The van der Waals surface area contributed by atoms with Crippen molar-refractivity contribution in [2.75, 3.05) is 0 Å². The maximum atomic E-state index is 12.9. The van der Waals surface area contributed by atoms with E-state index < -0.39 is 5.66 Å². The molecule has 2 aromatic rings. The van der Waals surface area contributed by atoms with Crippen molar-refractivity contribution in [3.8, 4) is 0 Å². The summed E-state index contributed by atoms with van der Waals surface area (Å²) in [4.78, 5) is 12.9. The maximum Gasteiger partial charge on any atom is 0.306 e. The molecule has 0 radical (unpaired) electrons. The standard InChI is InChI=1S/C17H15ClN2O2/c1-12-16(13-8-10-15(18)11-9-13)20(22)17(2,19(12)21)14-6-4-3-5-7-14/h3-11H,1-2H3. The third kappa shape index (κ3) is 2.03. The highest BCUT2D eigenvalue weighted by Gasteiger charge is 2.54. The van der Waals surface area contributed by atoms with Crippen LogP contribution in [0.25, 0.3) is 5.70 Å². The van der Waals surface area contributed by atoms with E-state index in [1.807, 2.05) is 18.2 Å². The van der Waals surface area contributed by atoms with E-state index in [9.17, 15) is 10.1 Å². The van der Waals surface area contributed by atoms with Gasteiger partial charge in [0.2, 0.25) is 0 Å². The Morgan fingerprint density at radius 3 is 2.27 bits per heavy atom. The molecule has 0 aromatic heterocycles. The van der Waals surface area contributed by atoms with Crippen LogP contribution in [0.2, 0.25) is 5.02 Å². The zero-order valence-electron chi connectivity index (χ0n) is 12.3. The van der Waals surface area contributed by atoms with Gasteiger partial charge in [-0.15, -0.1) is 0 Å². The van der Waals surface area contributed by atoms with Crippen LogP contribution in [0, 0.1) is 10.1 Å². The average Bonchev–Trinajstić information content (AvgIpc) is 2.71. The van der Waals surface area contributed by atoms with Gasteiger partial charge >= 0.3 is 5.66 Å². The van der Waals surface area contributed by atoms with Gasteiger partial charge in [-0.1, -0.05) is 29.8 Å². The molecule has 4 nitrogen and oxygen atoms in total. The van der Waals surface area contributed by atoms with Gasteiger partial charge in [-0.2, -0.15) is 0 Å². The fraction of sp³-hybridized carbons (Fsp3) is 0.176. The average molecular weight is 315 g/mol. The van der Waals surface area contributed by atoms with Crippen LogP contribution in [-0.2, 0) is 5.66 Å². The number of nitrogens with zero attached hydrogens (tertiary/aromatic N) is 2. The van der Waals surface area contributed by atoms with Crippen molar-refractivity contribution >= 4 is 17.3 Å². The topological polar surface area (TPSA) is 46.4 Å². The van der Waals surface area contributed by atoms with Crippen LogP contribution < -0.4 is 0 Å². The van der Waals surface area contributed by atoms with Gasteiger partial charge < -0.3 is 10.3 Å². The molecule has 1 aliphatic heterocycles. The SMILES string of the molecule is CC1=C(c2ccc(Cl)cc2)[N+](=O)C(C)(c2ccccc2)N1[O-]. The van der Waals surface area contributed by atoms with Gasteiger partial charge in [-0.3, -0.25) is 0 Å².